The third-order valence-electron chi connectivity index (χ3n) is 2.90. The molecule has 0 bridgehead atoms. The molecule has 0 radical (unpaired) electrons. The molecule has 0 aliphatic carbocycles. The third-order valence-corrected chi connectivity index (χ3v) is 3.77. The lowest BCUT2D eigenvalue weighted by Crippen LogP contribution is -1.95. The van der Waals surface area contributed by atoms with E-state index in [0.717, 1.165) is 5.39 Å². The van der Waals surface area contributed by atoms with Crippen molar-refractivity contribution in [3.8, 4) is 11.5 Å². The Hall–Kier alpha value is -1.42. The monoisotopic (exact) mass is 326 g/mol. The first-order valence-electron chi connectivity index (χ1n) is 5.82. The lowest BCUT2D eigenvalue weighted by Gasteiger charge is -2.06. The molecule has 2 heterocycles. The number of benzene rings is 1. The zero-order valence-electron chi connectivity index (χ0n) is 10.4. The number of hydrogen-bond acceptors (Lipinski definition) is 3. The number of nitrogens with one attached hydrogen (secondary N) is 1. The van der Waals surface area contributed by atoms with Crippen molar-refractivity contribution in [1.29, 1.82) is 0 Å². The standard InChI is InChI=1S/C14H9Cl3N2O/c1-18-14-10(17)6-9(16)12(19-14)11-5-7-3-2-4-8(15)13(7)20-11/h2-6H,1H3,(H,18,19). The fourth-order valence-corrected chi connectivity index (χ4v) is 2.73. The van der Waals surface area contributed by atoms with E-state index in [1.165, 1.54) is 0 Å². The third kappa shape index (κ3) is 2.22. The van der Waals surface area contributed by atoms with E-state index < -0.39 is 0 Å². The second-order valence-corrected chi connectivity index (χ2v) is 5.39. The van der Waals surface area contributed by atoms with Crippen LogP contribution in [0.1, 0.15) is 0 Å². The van der Waals surface area contributed by atoms with E-state index in [2.05, 4.69) is 10.3 Å². The van der Waals surface area contributed by atoms with Crippen LogP contribution < -0.4 is 5.32 Å². The summed E-state index contributed by atoms with van der Waals surface area (Å²) in [6.45, 7) is 0. The van der Waals surface area contributed by atoms with Crippen LogP contribution in [0.2, 0.25) is 15.1 Å². The number of rotatable bonds is 2. The summed E-state index contributed by atoms with van der Waals surface area (Å²) < 4.78 is 5.76. The smallest absolute Gasteiger partial charge is 0.155 e. The molecule has 0 saturated heterocycles. The number of nitrogens with zero attached hydrogens (tertiary/aromatic N) is 1. The first kappa shape index (κ1) is 13.6. The summed E-state index contributed by atoms with van der Waals surface area (Å²) in [6.07, 6.45) is 0. The first-order valence-corrected chi connectivity index (χ1v) is 6.96. The second kappa shape index (κ2) is 5.17. The molecule has 3 rings (SSSR count). The number of para-hydroxylation sites is 1. The van der Waals surface area contributed by atoms with Crippen molar-refractivity contribution < 1.29 is 4.42 Å². The molecule has 0 amide bonds. The molecule has 6 heteroatoms. The van der Waals surface area contributed by atoms with Gasteiger partial charge in [0.2, 0.25) is 0 Å². The molecule has 0 saturated carbocycles. The van der Waals surface area contributed by atoms with Crippen molar-refractivity contribution in [2.75, 3.05) is 12.4 Å². The summed E-state index contributed by atoms with van der Waals surface area (Å²) in [5.74, 6) is 1.09. The fraction of sp³-hybridized carbons (Fsp3) is 0.0714. The average Bonchev–Trinajstić information content (AvgIpc) is 2.84. The van der Waals surface area contributed by atoms with E-state index in [1.54, 1.807) is 19.2 Å². The van der Waals surface area contributed by atoms with Crippen LogP contribution in [0.5, 0.6) is 0 Å². The summed E-state index contributed by atoms with van der Waals surface area (Å²) >= 11 is 18.3. The zero-order chi connectivity index (χ0) is 14.3. The molecule has 0 spiro atoms. The normalized spacial score (nSPS) is 11.0. The van der Waals surface area contributed by atoms with Gasteiger partial charge >= 0.3 is 0 Å². The molecule has 1 aromatic carbocycles. The summed E-state index contributed by atoms with van der Waals surface area (Å²) in [5, 5.41) is 5.23. The van der Waals surface area contributed by atoms with Crippen LogP contribution in [0.25, 0.3) is 22.4 Å². The van der Waals surface area contributed by atoms with Gasteiger partial charge in [-0.25, -0.2) is 4.98 Å². The Morgan fingerprint density at radius 2 is 1.85 bits per heavy atom. The quantitative estimate of drug-likeness (QED) is 0.675. The molecular formula is C14H9Cl3N2O. The molecule has 0 fully saturated rings. The molecule has 3 nitrogen and oxygen atoms in total. The molecule has 0 aliphatic heterocycles. The van der Waals surface area contributed by atoms with E-state index in [0.29, 0.717) is 37.9 Å². The van der Waals surface area contributed by atoms with Crippen molar-refractivity contribution in [1.82, 2.24) is 4.98 Å². The SMILES string of the molecule is CNc1nc(-c2cc3cccc(Cl)c3o2)c(Cl)cc1Cl. The van der Waals surface area contributed by atoms with Crippen LogP contribution in [-0.4, -0.2) is 12.0 Å². The minimum atomic E-state index is 0.421. The van der Waals surface area contributed by atoms with E-state index in [9.17, 15) is 0 Å². The van der Waals surface area contributed by atoms with Gasteiger partial charge in [0.15, 0.2) is 11.3 Å². The van der Waals surface area contributed by atoms with Gasteiger partial charge in [0.25, 0.3) is 0 Å². The summed E-state index contributed by atoms with van der Waals surface area (Å²) in [5.41, 5.74) is 1.13. The summed E-state index contributed by atoms with van der Waals surface area (Å²) in [7, 11) is 1.74. The van der Waals surface area contributed by atoms with Gasteiger partial charge in [-0.15, -0.1) is 0 Å². The highest BCUT2D eigenvalue weighted by Crippen LogP contribution is 2.36. The van der Waals surface area contributed by atoms with Gasteiger partial charge in [-0.2, -0.15) is 0 Å². The van der Waals surface area contributed by atoms with Gasteiger partial charge < -0.3 is 9.73 Å². The molecule has 2 aromatic heterocycles. The van der Waals surface area contributed by atoms with Gasteiger partial charge in [0.05, 0.1) is 15.1 Å². The highest BCUT2D eigenvalue weighted by molar-refractivity contribution is 6.37. The predicted molar refractivity (Wildman–Crippen MR) is 84.0 cm³/mol. The van der Waals surface area contributed by atoms with Crippen LogP contribution in [0.3, 0.4) is 0 Å². The molecule has 0 atom stereocenters. The van der Waals surface area contributed by atoms with E-state index >= 15 is 0 Å². The zero-order valence-corrected chi connectivity index (χ0v) is 12.6. The highest BCUT2D eigenvalue weighted by Gasteiger charge is 2.15. The van der Waals surface area contributed by atoms with Crippen LogP contribution in [-0.2, 0) is 0 Å². The lowest BCUT2D eigenvalue weighted by atomic mass is 10.2. The Balaban J connectivity index is 2.22. The van der Waals surface area contributed by atoms with E-state index in [4.69, 9.17) is 39.2 Å². The molecule has 102 valence electrons. The van der Waals surface area contributed by atoms with Crippen LogP contribution in [0, 0.1) is 0 Å². The molecular weight excluding hydrogens is 319 g/mol. The van der Waals surface area contributed by atoms with Crippen molar-refractivity contribution in [3.05, 3.63) is 45.4 Å². The van der Waals surface area contributed by atoms with Crippen molar-refractivity contribution in [2.45, 2.75) is 0 Å². The number of fused-ring (bicyclic) bond motifs is 1. The Kier molecular flexibility index (Phi) is 3.50. The van der Waals surface area contributed by atoms with Crippen molar-refractivity contribution in [3.63, 3.8) is 0 Å². The van der Waals surface area contributed by atoms with Crippen LogP contribution in [0.4, 0.5) is 5.82 Å². The maximum atomic E-state index is 6.19. The van der Waals surface area contributed by atoms with Crippen LogP contribution >= 0.6 is 34.8 Å². The van der Waals surface area contributed by atoms with Gasteiger partial charge in [0, 0.05) is 12.4 Å². The summed E-state index contributed by atoms with van der Waals surface area (Å²) in [6, 6.07) is 9.03. The number of halogens is 3. The van der Waals surface area contributed by atoms with Crippen molar-refractivity contribution in [2.24, 2.45) is 0 Å². The maximum absolute atomic E-state index is 6.19. The Labute approximate surface area is 130 Å². The van der Waals surface area contributed by atoms with Gasteiger partial charge in [-0.3, -0.25) is 0 Å². The second-order valence-electron chi connectivity index (χ2n) is 4.17. The minimum Gasteiger partial charge on any atom is -0.453 e. The molecule has 1 N–H and O–H groups in total. The number of anilines is 1. The van der Waals surface area contributed by atoms with Gasteiger partial charge in [0.1, 0.15) is 11.5 Å². The predicted octanol–water partition coefficient (Wildman–Crippen LogP) is 5.50. The van der Waals surface area contributed by atoms with Crippen molar-refractivity contribution >= 4 is 51.6 Å². The number of furan rings is 1. The minimum absolute atomic E-state index is 0.421. The largest absolute Gasteiger partial charge is 0.453 e. The van der Waals surface area contributed by atoms with E-state index in [-0.39, 0.29) is 0 Å². The molecule has 0 unspecified atom stereocenters. The topological polar surface area (TPSA) is 38.1 Å². The molecule has 0 aliphatic rings. The molecule has 20 heavy (non-hydrogen) atoms. The average molecular weight is 328 g/mol. The number of aromatic nitrogens is 1. The van der Waals surface area contributed by atoms with Gasteiger partial charge in [-0.1, -0.05) is 46.9 Å². The Morgan fingerprint density at radius 3 is 2.55 bits per heavy atom. The van der Waals surface area contributed by atoms with E-state index in [1.807, 2.05) is 18.2 Å². The highest BCUT2D eigenvalue weighted by atomic mass is 35.5. The summed E-state index contributed by atoms with van der Waals surface area (Å²) in [4.78, 5) is 4.37. The Bertz CT molecular complexity index is 798. The fourth-order valence-electron chi connectivity index (χ4n) is 1.96. The lowest BCUT2D eigenvalue weighted by molar-refractivity contribution is 0.629. The van der Waals surface area contributed by atoms with Gasteiger partial charge in [-0.05, 0) is 18.2 Å². The Morgan fingerprint density at radius 1 is 1.05 bits per heavy atom. The molecule has 3 aromatic rings. The number of pyridine rings is 1. The maximum Gasteiger partial charge on any atom is 0.155 e. The number of hydrogen-bond donors (Lipinski definition) is 1. The first-order chi connectivity index (χ1) is 9.60. The van der Waals surface area contributed by atoms with Crippen LogP contribution in [0.15, 0.2) is 34.7 Å².